The van der Waals surface area contributed by atoms with Crippen LogP contribution in [0, 0.1) is 0 Å². The third-order valence-corrected chi connectivity index (χ3v) is 9.27. The minimum absolute atomic E-state index is 0.246. The van der Waals surface area contributed by atoms with Gasteiger partial charge in [-0.3, -0.25) is 9.55 Å². The first-order valence-electron chi connectivity index (χ1n) is 11.9. The Morgan fingerprint density at radius 1 is 1.00 bits per heavy atom. The van der Waals surface area contributed by atoms with Crippen molar-refractivity contribution in [1.29, 1.82) is 0 Å². The van der Waals surface area contributed by atoms with Gasteiger partial charge < -0.3 is 15.0 Å². The number of nitrogens with one attached hydrogen (secondary N) is 1. The molecule has 3 aromatic rings. The van der Waals surface area contributed by atoms with Gasteiger partial charge in [0.2, 0.25) is 0 Å². The van der Waals surface area contributed by atoms with Gasteiger partial charge in [0.15, 0.2) is 9.84 Å². The molecule has 0 saturated carbocycles. The Labute approximate surface area is 199 Å². The zero-order valence-electron chi connectivity index (χ0n) is 19.1. The van der Waals surface area contributed by atoms with E-state index in [2.05, 4.69) is 15.2 Å². The number of fused-ring (bicyclic) bond motifs is 1. The number of ether oxygens (including phenoxy) is 1. The maximum absolute atomic E-state index is 13.2. The molecule has 2 aliphatic rings. The number of hydrogen-bond donors (Lipinski definition) is 1. The second-order valence-corrected chi connectivity index (χ2v) is 11.3. The third-order valence-electron chi connectivity index (χ3n) is 7.00. The van der Waals surface area contributed by atoms with Crippen molar-refractivity contribution in [3.63, 3.8) is 0 Å². The molecule has 2 aliphatic heterocycles. The van der Waals surface area contributed by atoms with Crippen molar-refractivity contribution < 1.29 is 17.9 Å². The van der Waals surface area contributed by atoms with Crippen LogP contribution in [0.3, 0.4) is 0 Å². The smallest absolute Gasteiger partial charge is 0.325 e. The predicted octanol–water partition coefficient (Wildman–Crippen LogP) is 3.21. The number of aromatic nitrogens is 2. The van der Waals surface area contributed by atoms with Crippen LogP contribution in [0.25, 0.3) is 10.8 Å². The average Bonchev–Trinajstić information content (AvgIpc) is 3.33. The molecule has 5 rings (SSSR count). The number of pyridine rings is 1. The van der Waals surface area contributed by atoms with Gasteiger partial charge in [-0.2, -0.15) is 0 Å². The van der Waals surface area contributed by atoms with Crippen molar-refractivity contribution in [2.75, 3.05) is 26.3 Å². The Morgan fingerprint density at radius 3 is 2.41 bits per heavy atom. The highest BCUT2D eigenvalue weighted by atomic mass is 32.2. The fraction of sp³-hybridized carbons (Fsp3) is 0.440. The van der Waals surface area contributed by atoms with E-state index in [0.717, 1.165) is 55.5 Å². The Bertz CT molecular complexity index is 1210. The molecule has 34 heavy (non-hydrogen) atoms. The molecular formula is C25H30N4O4S. The molecule has 0 atom stereocenters. The summed E-state index contributed by atoms with van der Waals surface area (Å²) < 4.78 is 33.3. The number of carbonyl (C=O) groups excluding carboxylic acids is 1. The first-order chi connectivity index (χ1) is 16.5. The summed E-state index contributed by atoms with van der Waals surface area (Å²) in [6.07, 6.45) is 10.3. The molecule has 2 aromatic heterocycles. The van der Waals surface area contributed by atoms with Crippen LogP contribution in [0.15, 0.2) is 60.0 Å². The van der Waals surface area contributed by atoms with Gasteiger partial charge in [0.25, 0.3) is 0 Å². The largest absolute Gasteiger partial charge is 0.381 e. The lowest BCUT2D eigenvalue weighted by Gasteiger charge is -2.39. The zero-order valence-corrected chi connectivity index (χ0v) is 19.9. The van der Waals surface area contributed by atoms with E-state index in [-0.39, 0.29) is 11.3 Å². The molecule has 0 unspecified atom stereocenters. The number of amides is 1. The lowest BCUT2D eigenvalue weighted by molar-refractivity contribution is 0.0277. The summed E-state index contributed by atoms with van der Waals surface area (Å²) in [7, 11) is -3.37. The lowest BCUT2D eigenvalue weighted by Crippen LogP contribution is -2.46. The predicted molar refractivity (Wildman–Crippen MR) is 129 cm³/mol. The van der Waals surface area contributed by atoms with Crippen LogP contribution in [0.4, 0.5) is 4.79 Å². The normalized spacial score (nSPS) is 18.8. The van der Waals surface area contributed by atoms with E-state index in [0.29, 0.717) is 30.3 Å². The fourth-order valence-electron chi connectivity index (χ4n) is 4.96. The number of benzene rings is 1. The lowest BCUT2D eigenvalue weighted by atomic mass is 10.0. The summed E-state index contributed by atoms with van der Waals surface area (Å²) in [5.74, 6) is 0. The van der Waals surface area contributed by atoms with Crippen molar-refractivity contribution in [2.45, 2.75) is 48.4 Å². The van der Waals surface area contributed by atoms with Crippen molar-refractivity contribution in [3.8, 4) is 0 Å². The van der Waals surface area contributed by atoms with Crippen LogP contribution in [-0.4, -0.2) is 66.5 Å². The van der Waals surface area contributed by atoms with Gasteiger partial charge in [-0.1, -0.05) is 12.1 Å². The second kappa shape index (κ2) is 9.85. The van der Waals surface area contributed by atoms with E-state index in [1.54, 1.807) is 49.1 Å². The first-order valence-corrected chi connectivity index (χ1v) is 13.4. The molecular weight excluding hydrogens is 452 g/mol. The summed E-state index contributed by atoms with van der Waals surface area (Å²) in [5.41, 5.74) is 0.847. The Kier molecular flexibility index (Phi) is 6.67. The van der Waals surface area contributed by atoms with Gasteiger partial charge in [0.05, 0.1) is 10.1 Å². The average molecular weight is 483 g/mol. The highest BCUT2D eigenvalue weighted by Crippen LogP contribution is 2.27. The summed E-state index contributed by atoms with van der Waals surface area (Å²) in [6, 6.07) is 9.01. The number of hydrogen-bond acceptors (Lipinski definition) is 6. The van der Waals surface area contributed by atoms with Crippen LogP contribution in [0.1, 0.15) is 31.2 Å². The number of rotatable bonds is 5. The highest BCUT2D eigenvalue weighted by molar-refractivity contribution is 7.92. The number of sulfone groups is 1. The van der Waals surface area contributed by atoms with E-state index in [4.69, 9.17) is 4.74 Å². The molecule has 4 heterocycles. The first kappa shape index (κ1) is 23.0. The van der Waals surface area contributed by atoms with Crippen molar-refractivity contribution in [3.05, 3.63) is 60.7 Å². The van der Waals surface area contributed by atoms with Crippen LogP contribution < -0.4 is 5.32 Å². The van der Waals surface area contributed by atoms with E-state index in [1.165, 1.54) is 4.57 Å². The molecule has 2 fully saturated rings. The van der Waals surface area contributed by atoms with E-state index >= 15 is 0 Å². The molecule has 1 amide bonds. The Morgan fingerprint density at radius 2 is 1.71 bits per heavy atom. The molecule has 0 spiro atoms. The summed E-state index contributed by atoms with van der Waals surface area (Å²) in [5, 5.41) is 4.37. The van der Waals surface area contributed by atoms with Gasteiger partial charge in [-0.15, -0.1) is 0 Å². The molecule has 9 heteroatoms. The van der Waals surface area contributed by atoms with Crippen LogP contribution in [0.5, 0.6) is 0 Å². The van der Waals surface area contributed by atoms with Gasteiger partial charge >= 0.3 is 6.03 Å². The second-order valence-electron chi connectivity index (χ2n) is 9.10. The number of likely N-dealkylation sites (tertiary alicyclic amines) is 1. The molecule has 0 aliphatic carbocycles. The van der Waals surface area contributed by atoms with E-state index in [9.17, 15) is 13.2 Å². The van der Waals surface area contributed by atoms with Gasteiger partial charge in [-0.05, 0) is 62.5 Å². The van der Waals surface area contributed by atoms with Crippen molar-refractivity contribution >= 4 is 26.6 Å². The number of nitrogens with zero attached hydrogens (tertiary/aromatic N) is 3. The van der Waals surface area contributed by atoms with E-state index < -0.39 is 9.84 Å². The summed E-state index contributed by atoms with van der Waals surface area (Å²) in [6.45, 7) is 3.56. The topological polar surface area (TPSA) is 93.5 Å². The molecule has 8 nitrogen and oxygen atoms in total. The van der Waals surface area contributed by atoms with Crippen molar-refractivity contribution in [2.24, 2.45) is 0 Å². The monoisotopic (exact) mass is 482 g/mol. The standard InChI is InChI=1S/C25H30N4O4S/c30-25(29-17-20-5-10-26-16-21(20)18-29)27-15-19-1-3-23(4-2-19)34(31,32)24-6-11-28(12-7-24)22-8-13-33-14-9-22/h1-5,10,16-18,22,24H,6-9,11-15H2,(H,27,30). The fourth-order valence-corrected chi connectivity index (χ4v) is 6.69. The molecule has 180 valence electrons. The van der Waals surface area contributed by atoms with Crippen molar-refractivity contribution in [1.82, 2.24) is 19.8 Å². The van der Waals surface area contributed by atoms with Gasteiger partial charge in [-0.25, -0.2) is 13.2 Å². The van der Waals surface area contributed by atoms with Crippen LogP contribution in [0.2, 0.25) is 0 Å². The third kappa shape index (κ3) is 4.87. The SMILES string of the molecule is O=C(NCc1ccc(S(=O)(=O)C2CCN(C3CCOCC3)CC2)cc1)n1cc2ccncc2c1. The maximum Gasteiger partial charge on any atom is 0.325 e. The van der Waals surface area contributed by atoms with E-state index in [1.807, 2.05) is 6.07 Å². The Balaban J connectivity index is 1.16. The zero-order chi connectivity index (χ0) is 23.5. The quantitative estimate of drug-likeness (QED) is 0.600. The Hall–Kier alpha value is -2.75. The summed E-state index contributed by atoms with van der Waals surface area (Å²) >= 11 is 0. The van der Waals surface area contributed by atoms with Crippen LogP contribution in [-0.2, 0) is 21.1 Å². The number of carbonyl (C=O) groups is 1. The minimum atomic E-state index is -3.37. The molecule has 0 radical (unpaired) electrons. The molecule has 0 bridgehead atoms. The minimum Gasteiger partial charge on any atom is -0.381 e. The van der Waals surface area contributed by atoms with Gasteiger partial charge in [0, 0.05) is 61.4 Å². The van der Waals surface area contributed by atoms with Gasteiger partial charge in [0.1, 0.15) is 0 Å². The number of piperidine rings is 1. The molecule has 2 saturated heterocycles. The van der Waals surface area contributed by atoms with Crippen LogP contribution >= 0.6 is 0 Å². The molecule has 1 N–H and O–H groups in total. The molecule has 1 aromatic carbocycles. The highest BCUT2D eigenvalue weighted by Gasteiger charge is 2.33. The maximum atomic E-state index is 13.2. The summed E-state index contributed by atoms with van der Waals surface area (Å²) in [4.78, 5) is 19.3.